The average molecular weight is 354 g/mol. The first-order valence-corrected chi connectivity index (χ1v) is 8.22. The molecule has 2 aromatic rings. The van der Waals surface area contributed by atoms with Crippen molar-refractivity contribution >= 4 is 32.8 Å². The van der Waals surface area contributed by atoms with Crippen LogP contribution in [0.4, 0.5) is 0 Å². The first-order chi connectivity index (χ1) is 10.9. The molecule has 0 aliphatic heterocycles. The van der Waals surface area contributed by atoms with Gasteiger partial charge in [0.25, 0.3) is 21.2 Å². The van der Waals surface area contributed by atoms with E-state index < -0.39 is 21.2 Å². The van der Waals surface area contributed by atoms with Crippen molar-refractivity contribution in [3.63, 3.8) is 0 Å². The summed E-state index contributed by atoms with van der Waals surface area (Å²) in [6.45, 7) is 0. The Morgan fingerprint density at radius 1 is 1.00 bits per heavy atom. The van der Waals surface area contributed by atoms with Crippen LogP contribution in [0, 0.1) is 0 Å². The van der Waals surface area contributed by atoms with Crippen LogP contribution < -0.4 is 9.46 Å². The zero-order valence-electron chi connectivity index (χ0n) is 11.9. The highest BCUT2D eigenvalue weighted by molar-refractivity contribution is 7.90. The minimum atomic E-state index is -4.27. The first-order valence-electron chi connectivity index (χ1n) is 6.36. The van der Waals surface area contributed by atoms with Gasteiger partial charge in [-0.15, -0.1) is 0 Å². The summed E-state index contributed by atoms with van der Waals surface area (Å²) in [5.41, 5.74) is -0.164. The van der Waals surface area contributed by atoms with E-state index in [0.717, 1.165) is 0 Å². The number of para-hydroxylation sites is 1. The lowest BCUT2D eigenvalue weighted by atomic mass is 10.2. The number of hydrogen-bond acceptors (Lipinski definition) is 5. The van der Waals surface area contributed by atoms with E-state index in [9.17, 15) is 18.0 Å². The van der Waals surface area contributed by atoms with E-state index in [4.69, 9.17) is 16.3 Å². The molecule has 6 nitrogen and oxygen atoms in total. The van der Waals surface area contributed by atoms with Crippen LogP contribution in [0.25, 0.3) is 0 Å². The number of hydrogen-bond donors (Lipinski definition) is 1. The minimum absolute atomic E-state index is 0.0493. The van der Waals surface area contributed by atoms with Crippen molar-refractivity contribution in [2.75, 3.05) is 7.11 Å². The largest absolute Gasteiger partial charge is 0.496 e. The molecule has 0 saturated carbocycles. The van der Waals surface area contributed by atoms with Crippen molar-refractivity contribution in [1.29, 1.82) is 0 Å². The Morgan fingerprint density at radius 2 is 1.57 bits per heavy atom. The maximum atomic E-state index is 12.4. The number of carbonyl (C=O) groups is 2. The summed E-state index contributed by atoms with van der Waals surface area (Å²) < 4.78 is 31.6. The number of halogens is 1. The second kappa shape index (κ2) is 6.80. The molecule has 0 saturated heterocycles. The van der Waals surface area contributed by atoms with Gasteiger partial charge in [0.1, 0.15) is 5.75 Å². The third-order valence-electron chi connectivity index (χ3n) is 2.97. The van der Waals surface area contributed by atoms with Crippen LogP contribution in [0.15, 0.2) is 53.4 Å². The summed E-state index contributed by atoms with van der Waals surface area (Å²) in [6.07, 6.45) is 0. The van der Waals surface area contributed by atoms with Gasteiger partial charge in [-0.1, -0.05) is 24.3 Å². The van der Waals surface area contributed by atoms with Crippen LogP contribution in [0.3, 0.4) is 0 Å². The Kier molecular flexibility index (Phi) is 5.02. The van der Waals surface area contributed by atoms with Crippen molar-refractivity contribution in [3.8, 4) is 5.75 Å². The molecule has 23 heavy (non-hydrogen) atoms. The fraction of sp³-hybridized carbons (Fsp3) is 0.0667. The lowest BCUT2D eigenvalue weighted by Gasteiger charge is -2.11. The van der Waals surface area contributed by atoms with Gasteiger partial charge in [-0.05, 0) is 35.9 Å². The Morgan fingerprint density at radius 3 is 2.17 bits per heavy atom. The first kappa shape index (κ1) is 17.0. The summed E-state index contributed by atoms with van der Waals surface area (Å²) in [4.78, 5) is 23.2. The SMILES string of the molecule is COc1ccccc1C(=O)NS(=O)(=O)c1ccccc1C(=O)Cl. The maximum Gasteiger partial charge on any atom is 0.268 e. The highest BCUT2D eigenvalue weighted by atomic mass is 35.5. The number of sulfonamides is 1. The van der Waals surface area contributed by atoms with E-state index in [0.29, 0.717) is 0 Å². The molecule has 1 amide bonds. The third kappa shape index (κ3) is 3.69. The molecule has 0 spiro atoms. The molecular formula is C15H12ClNO5S. The van der Waals surface area contributed by atoms with Crippen LogP contribution in [0.1, 0.15) is 20.7 Å². The van der Waals surface area contributed by atoms with E-state index in [2.05, 4.69) is 0 Å². The Bertz CT molecular complexity index is 864. The monoisotopic (exact) mass is 353 g/mol. The quantitative estimate of drug-likeness (QED) is 0.832. The fourth-order valence-electron chi connectivity index (χ4n) is 1.93. The number of rotatable bonds is 5. The van der Waals surface area contributed by atoms with Crippen molar-refractivity contribution in [1.82, 2.24) is 4.72 Å². The van der Waals surface area contributed by atoms with Gasteiger partial charge in [0.15, 0.2) is 0 Å². The van der Waals surface area contributed by atoms with Crippen molar-refractivity contribution in [2.45, 2.75) is 4.90 Å². The number of ether oxygens (including phenoxy) is 1. The Hall–Kier alpha value is -2.38. The molecule has 2 rings (SSSR count). The molecule has 0 aliphatic carbocycles. The van der Waals surface area contributed by atoms with Gasteiger partial charge in [-0.25, -0.2) is 13.1 Å². The number of amides is 1. The predicted molar refractivity (Wildman–Crippen MR) is 84.3 cm³/mol. The van der Waals surface area contributed by atoms with Gasteiger partial charge in [0.05, 0.1) is 23.1 Å². The Labute approximate surface area is 138 Å². The van der Waals surface area contributed by atoms with Gasteiger partial charge in [0.2, 0.25) is 0 Å². The predicted octanol–water partition coefficient (Wildman–Crippen LogP) is 2.19. The fourth-order valence-corrected chi connectivity index (χ4v) is 3.32. The molecule has 0 fully saturated rings. The molecule has 0 radical (unpaired) electrons. The van der Waals surface area contributed by atoms with Gasteiger partial charge in [0, 0.05) is 0 Å². The maximum absolute atomic E-state index is 12.4. The second-order valence-corrected chi connectivity index (χ2v) is 6.40. The van der Waals surface area contributed by atoms with Crippen molar-refractivity contribution in [3.05, 3.63) is 59.7 Å². The van der Waals surface area contributed by atoms with Crippen molar-refractivity contribution in [2.24, 2.45) is 0 Å². The number of nitrogens with one attached hydrogen (secondary N) is 1. The van der Waals surface area contributed by atoms with Crippen LogP contribution >= 0.6 is 11.6 Å². The molecule has 1 N–H and O–H groups in total. The highest BCUT2D eigenvalue weighted by Crippen LogP contribution is 2.20. The summed E-state index contributed by atoms with van der Waals surface area (Å²) in [5.74, 6) is -0.652. The molecule has 0 bridgehead atoms. The lowest BCUT2D eigenvalue weighted by molar-refractivity contribution is 0.0977. The summed E-state index contributed by atoms with van der Waals surface area (Å²) >= 11 is 5.38. The molecule has 120 valence electrons. The van der Waals surface area contributed by atoms with Crippen LogP contribution in [0.5, 0.6) is 5.75 Å². The molecule has 2 aromatic carbocycles. The van der Waals surface area contributed by atoms with E-state index >= 15 is 0 Å². The van der Waals surface area contributed by atoms with E-state index in [1.807, 2.05) is 4.72 Å². The normalized spacial score (nSPS) is 10.9. The molecule has 0 aromatic heterocycles. The second-order valence-electron chi connectivity index (χ2n) is 4.40. The summed E-state index contributed by atoms with van der Waals surface area (Å²) in [7, 11) is -2.91. The van der Waals surface area contributed by atoms with Gasteiger partial charge in [-0.2, -0.15) is 0 Å². The molecule has 0 unspecified atom stereocenters. The van der Waals surface area contributed by atoms with E-state index in [-0.39, 0.29) is 21.8 Å². The zero-order chi connectivity index (χ0) is 17.0. The number of methoxy groups -OCH3 is 1. The van der Waals surface area contributed by atoms with Crippen LogP contribution in [-0.4, -0.2) is 26.7 Å². The molecule has 0 heterocycles. The van der Waals surface area contributed by atoms with Gasteiger partial charge in [-0.3, -0.25) is 9.59 Å². The van der Waals surface area contributed by atoms with Gasteiger partial charge < -0.3 is 4.74 Å². The third-order valence-corrected chi connectivity index (χ3v) is 4.56. The average Bonchev–Trinajstić information content (AvgIpc) is 2.54. The highest BCUT2D eigenvalue weighted by Gasteiger charge is 2.25. The zero-order valence-corrected chi connectivity index (χ0v) is 13.5. The van der Waals surface area contributed by atoms with Gasteiger partial charge >= 0.3 is 0 Å². The van der Waals surface area contributed by atoms with E-state index in [1.165, 1.54) is 43.5 Å². The molecular weight excluding hydrogens is 342 g/mol. The molecule has 8 heteroatoms. The standard InChI is InChI=1S/C15H12ClNO5S/c1-22-12-8-4-2-6-10(12)15(19)17-23(20,21)13-9-5-3-7-11(13)14(16)18/h2-9H,1H3,(H,17,19). The summed E-state index contributed by atoms with van der Waals surface area (Å²) in [5, 5.41) is -0.935. The lowest BCUT2D eigenvalue weighted by Crippen LogP contribution is -2.31. The Balaban J connectivity index is 2.39. The summed E-state index contributed by atoms with van der Waals surface area (Å²) in [6, 6.07) is 11.5. The van der Waals surface area contributed by atoms with Crippen LogP contribution in [0.2, 0.25) is 0 Å². The van der Waals surface area contributed by atoms with Crippen LogP contribution in [-0.2, 0) is 10.0 Å². The number of carbonyl (C=O) groups excluding carboxylic acids is 2. The van der Waals surface area contributed by atoms with Crippen molar-refractivity contribution < 1.29 is 22.7 Å². The topological polar surface area (TPSA) is 89.5 Å². The van der Waals surface area contributed by atoms with E-state index in [1.54, 1.807) is 12.1 Å². The molecule has 0 atom stereocenters. The molecule has 0 aliphatic rings. The number of benzene rings is 2. The smallest absolute Gasteiger partial charge is 0.268 e. The minimum Gasteiger partial charge on any atom is -0.496 e.